The fraction of sp³-hybridized carbons (Fsp3) is 0.771. The molecule has 1 unspecified atom stereocenters. The van der Waals surface area contributed by atoms with Crippen molar-refractivity contribution >= 4 is 35.5 Å². The number of aliphatic carboxylic acids is 1. The molecule has 0 aliphatic rings. The molecular weight excluding hydrogens is 644 g/mol. The smallest absolute Gasteiger partial charge is 0.325 e. The van der Waals surface area contributed by atoms with Gasteiger partial charge >= 0.3 is 5.97 Å². The Balaban J connectivity index is 6.37. The number of carboxylic acid groups (broad SMARTS) is 1. The van der Waals surface area contributed by atoms with Gasteiger partial charge in [0.1, 0.15) is 36.3 Å². The first kappa shape index (κ1) is 45.7. The molecule has 0 spiro atoms. The van der Waals surface area contributed by atoms with Crippen molar-refractivity contribution in [1.82, 2.24) is 26.6 Å². The minimum Gasteiger partial charge on any atom is -0.480 e. The van der Waals surface area contributed by atoms with Crippen LogP contribution in [0, 0.1) is 47.9 Å². The molecule has 50 heavy (non-hydrogen) atoms. The number of rotatable bonds is 22. The van der Waals surface area contributed by atoms with Crippen molar-refractivity contribution in [1.29, 1.82) is 0 Å². The van der Waals surface area contributed by atoms with Crippen LogP contribution in [0.3, 0.4) is 0 Å². The molecule has 0 bridgehead atoms. The minimum atomic E-state index is -1.29. The molecule has 0 radical (unpaired) electrons. The third kappa shape index (κ3) is 16.9. The molecular formula is C35H60N8O7. The standard InChI is InChI=1S/C35H60N8O7/c1-13-24(22(10)11)29(34(48)37-23(12)35(49)50)41-32(46)27(16-20(6)7)39-30(44)25(14-18(2)3)38-31(45)26(15-19(4)5)40-33(47)28(42-43-36)17-21(8)9/h1,18-29H,14-17H2,2-12H3,(H,37,48)(H,38,45)(H,39,44)(H,40,47)(H,41,46)(H,49,50)/t23-,24?,25-,26-,27-,28-,29-/m0/s1. The highest BCUT2D eigenvalue weighted by atomic mass is 16.4. The van der Waals surface area contributed by atoms with Crippen LogP contribution in [0.1, 0.15) is 102 Å². The van der Waals surface area contributed by atoms with Gasteiger partial charge in [0.2, 0.25) is 29.5 Å². The zero-order valence-electron chi connectivity index (χ0n) is 31.6. The zero-order valence-corrected chi connectivity index (χ0v) is 31.6. The number of hydrogen-bond donors (Lipinski definition) is 6. The molecule has 15 nitrogen and oxygen atoms in total. The zero-order chi connectivity index (χ0) is 38.9. The van der Waals surface area contributed by atoms with Crippen LogP contribution in [0.5, 0.6) is 0 Å². The average Bonchev–Trinajstić information content (AvgIpc) is 2.98. The summed E-state index contributed by atoms with van der Waals surface area (Å²) in [6, 6.07) is -6.83. The number of nitrogens with zero attached hydrogens (tertiary/aromatic N) is 3. The molecule has 0 aliphatic carbocycles. The van der Waals surface area contributed by atoms with E-state index in [4.69, 9.17) is 12.0 Å². The molecule has 0 saturated carbocycles. The van der Waals surface area contributed by atoms with Gasteiger partial charge in [-0.1, -0.05) is 74.4 Å². The van der Waals surface area contributed by atoms with E-state index < -0.39 is 77.7 Å². The SMILES string of the molecule is C#CC(C(C)C)[C@H](NC(=O)[C@H](CC(C)C)NC(=O)[C@H](CC(C)C)NC(=O)[C@H](CC(C)C)NC(=O)[C@H](CC(C)C)N=[N+]=[N-])C(=O)N[C@@H](C)C(=O)O. The van der Waals surface area contributed by atoms with Crippen molar-refractivity contribution in [3.8, 4) is 12.3 Å². The maximum atomic E-state index is 13.8. The second kappa shape index (κ2) is 22.4. The molecule has 7 atom stereocenters. The number of terminal acetylenes is 1. The first-order valence-electron chi connectivity index (χ1n) is 17.4. The van der Waals surface area contributed by atoms with Crippen molar-refractivity contribution in [2.24, 2.45) is 40.6 Å². The molecule has 0 fully saturated rings. The highest BCUT2D eigenvalue weighted by Gasteiger charge is 2.36. The number of carbonyl (C=O) groups excluding carboxylic acids is 5. The van der Waals surface area contributed by atoms with Crippen molar-refractivity contribution in [3.63, 3.8) is 0 Å². The van der Waals surface area contributed by atoms with Crippen LogP contribution in [0.25, 0.3) is 10.4 Å². The van der Waals surface area contributed by atoms with E-state index >= 15 is 0 Å². The van der Waals surface area contributed by atoms with Gasteiger partial charge in [-0.3, -0.25) is 28.8 Å². The summed E-state index contributed by atoms with van der Waals surface area (Å²) < 4.78 is 0. The van der Waals surface area contributed by atoms with Crippen molar-refractivity contribution in [2.75, 3.05) is 0 Å². The molecule has 5 amide bonds. The molecule has 0 saturated heterocycles. The predicted octanol–water partition coefficient (Wildman–Crippen LogP) is 3.28. The Morgan fingerprint density at radius 1 is 0.620 bits per heavy atom. The van der Waals surface area contributed by atoms with Crippen LogP contribution in [0.15, 0.2) is 5.11 Å². The Hall–Kier alpha value is -4.31. The topological polar surface area (TPSA) is 232 Å². The number of hydrogen-bond acceptors (Lipinski definition) is 7. The van der Waals surface area contributed by atoms with Gasteiger partial charge in [-0.2, -0.15) is 0 Å². The van der Waals surface area contributed by atoms with E-state index in [1.165, 1.54) is 6.92 Å². The lowest BCUT2D eigenvalue weighted by Crippen LogP contribution is -2.60. The number of carbonyl (C=O) groups is 6. The Bertz CT molecular complexity index is 1250. The molecule has 0 rings (SSSR count). The summed E-state index contributed by atoms with van der Waals surface area (Å²) in [5.41, 5.74) is 8.99. The van der Waals surface area contributed by atoms with Crippen molar-refractivity contribution < 1.29 is 33.9 Å². The molecule has 6 N–H and O–H groups in total. The third-order valence-electron chi connectivity index (χ3n) is 7.79. The van der Waals surface area contributed by atoms with Gasteiger partial charge in [0.15, 0.2) is 0 Å². The third-order valence-corrected chi connectivity index (χ3v) is 7.79. The van der Waals surface area contributed by atoms with Crippen LogP contribution in [-0.2, 0) is 28.8 Å². The largest absolute Gasteiger partial charge is 0.480 e. The highest BCUT2D eigenvalue weighted by Crippen LogP contribution is 2.17. The van der Waals surface area contributed by atoms with Gasteiger partial charge in [0.25, 0.3) is 0 Å². The van der Waals surface area contributed by atoms with Crippen LogP contribution in [0.4, 0.5) is 0 Å². The van der Waals surface area contributed by atoms with Gasteiger partial charge in [0, 0.05) is 4.91 Å². The second-order valence-corrected chi connectivity index (χ2v) is 14.9. The highest BCUT2D eigenvalue weighted by molar-refractivity contribution is 5.96. The normalized spacial score (nSPS) is 15.5. The van der Waals surface area contributed by atoms with Crippen molar-refractivity contribution in [2.45, 2.75) is 138 Å². The molecule has 0 heterocycles. The molecule has 0 aromatic heterocycles. The summed E-state index contributed by atoms with van der Waals surface area (Å²) in [4.78, 5) is 81.6. The fourth-order valence-corrected chi connectivity index (χ4v) is 5.25. The number of nitrogens with one attached hydrogen (secondary N) is 5. The van der Waals surface area contributed by atoms with E-state index in [0.717, 1.165) is 0 Å². The van der Waals surface area contributed by atoms with Gasteiger partial charge < -0.3 is 31.7 Å². The van der Waals surface area contributed by atoms with Crippen LogP contribution in [-0.4, -0.2) is 76.9 Å². The van der Waals surface area contributed by atoms with E-state index in [2.05, 4.69) is 42.5 Å². The summed E-state index contributed by atoms with van der Waals surface area (Å²) in [6.45, 7) is 19.7. The Morgan fingerprint density at radius 2 is 1.00 bits per heavy atom. The molecule has 282 valence electrons. The van der Waals surface area contributed by atoms with Gasteiger partial charge in [0.05, 0.1) is 5.92 Å². The molecule has 0 aromatic rings. The van der Waals surface area contributed by atoms with Crippen LogP contribution < -0.4 is 26.6 Å². The van der Waals surface area contributed by atoms with E-state index in [1.54, 1.807) is 13.8 Å². The molecule has 0 aliphatic heterocycles. The Labute approximate surface area is 297 Å². The van der Waals surface area contributed by atoms with E-state index in [9.17, 15) is 33.9 Å². The van der Waals surface area contributed by atoms with Gasteiger partial charge in [-0.05, 0) is 67.7 Å². The Kier molecular flexibility index (Phi) is 20.5. The first-order chi connectivity index (χ1) is 23.1. The number of azide groups is 1. The average molecular weight is 705 g/mol. The monoisotopic (exact) mass is 704 g/mol. The predicted molar refractivity (Wildman–Crippen MR) is 191 cm³/mol. The second-order valence-electron chi connectivity index (χ2n) is 14.9. The maximum absolute atomic E-state index is 13.8. The molecule has 15 heteroatoms. The van der Waals surface area contributed by atoms with Crippen LogP contribution >= 0.6 is 0 Å². The number of carboxylic acids is 1. The summed E-state index contributed by atoms with van der Waals surface area (Å²) in [5, 5.41) is 26.1. The van der Waals surface area contributed by atoms with Crippen LogP contribution in [0.2, 0.25) is 0 Å². The minimum absolute atomic E-state index is 0.0214. The lowest BCUT2D eigenvalue weighted by Gasteiger charge is -2.30. The maximum Gasteiger partial charge on any atom is 0.325 e. The lowest BCUT2D eigenvalue weighted by atomic mass is 9.88. The summed E-state index contributed by atoms with van der Waals surface area (Å²) in [7, 11) is 0. The van der Waals surface area contributed by atoms with Gasteiger partial charge in [-0.25, -0.2) is 0 Å². The molecule has 0 aromatic carbocycles. The van der Waals surface area contributed by atoms with E-state index in [0.29, 0.717) is 0 Å². The lowest BCUT2D eigenvalue weighted by molar-refractivity contribution is -0.142. The van der Waals surface area contributed by atoms with Gasteiger partial charge in [-0.15, -0.1) is 12.3 Å². The van der Waals surface area contributed by atoms with E-state index in [1.807, 2.05) is 55.4 Å². The fourth-order valence-electron chi connectivity index (χ4n) is 5.25. The summed E-state index contributed by atoms with van der Waals surface area (Å²) >= 11 is 0. The summed E-state index contributed by atoms with van der Waals surface area (Å²) in [5.74, 6) is -3.28. The first-order valence-corrected chi connectivity index (χ1v) is 17.4. The Morgan fingerprint density at radius 3 is 1.32 bits per heavy atom. The quantitative estimate of drug-likeness (QED) is 0.0426. The van der Waals surface area contributed by atoms with Crippen molar-refractivity contribution in [3.05, 3.63) is 10.4 Å². The van der Waals surface area contributed by atoms with E-state index in [-0.39, 0.29) is 55.3 Å². The number of amides is 5. The summed E-state index contributed by atoms with van der Waals surface area (Å²) in [6.07, 6.45) is 6.63.